The van der Waals surface area contributed by atoms with E-state index in [1.165, 1.54) is 5.56 Å². The summed E-state index contributed by atoms with van der Waals surface area (Å²) in [5.41, 5.74) is 4.07. The van der Waals surface area contributed by atoms with Crippen molar-refractivity contribution in [2.24, 2.45) is 0 Å². The molecule has 0 bridgehead atoms. The van der Waals surface area contributed by atoms with Gasteiger partial charge in [-0.3, -0.25) is 9.97 Å². The van der Waals surface area contributed by atoms with E-state index < -0.39 is 5.41 Å². The zero-order valence-corrected chi connectivity index (χ0v) is 17.8. The lowest BCUT2D eigenvalue weighted by atomic mass is 9.90. The van der Waals surface area contributed by atoms with E-state index in [0.29, 0.717) is 34.8 Å². The molecule has 5 rings (SSSR count). The summed E-state index contributed by atoms with van der Waals surface area (Å²) < 4.78 is 5.89. The average Bonchev–Trinajstić information content (AvgIpc) is 3.29. The Kier molecular flexibility index (Phi) is 4.96. The van der Waals surface area contributed by atoms with Gasteiger partial charge in [0.25, 0.3) is 5.89 Å². The molecule has 0 unspecified atom stereocenters. The molecule has 8 nitrogen and oxygen atoms in total. The first-order valence-corrected chi connectivity index (χ1v) is 10.4. The van der Waals surface area contributed by atoms with E-state index in [4.69, 9.17) is 4.42 Å². The van der Waals surface area contributed by atoms with Crippen molar-refractivity contribution in [1.82, 2.24) is 30.5 Å². The number of aromatic nitrogens is 5. The Morgan fingerprint density at radius 2 is 1.75 bits per heavy atom. The molecule has 0 atom stereocenters. The van der Waals surface area contributed by atoms with Crippen molar-refractivity contribution >= 4 is 0 Å². The van der Waals surface area contributed by atoms with Gasteiger partial charge >= 0.3 is 0 Å². The van der Waals surface area contributed by atoms with Crippen molar-refractivity contribution < 1.29 is 4.42 Å². The summed E-state index contributed by atoms with van der Waals surface area (Å²) in [5, 5.41) is 21.0. The van der Waals surface area contributed by atoms with E-state index >= 15 is 0 Å². The van der Waals surface area contributed by atoms with Crippen LogP contribution in [0.2, 0.25) is 0 Å². The van der Waals surface area contributed by atoms with Gasteiger partial charge in [-0.15, -0.1) is 10.2 Å². The predicted molar refractivity (Wildman–Crippen MR) is 118 cm³/mol. The van der Waals surface area contributed by atoms with Gasteiger partial charge in [0.1, 0.15) is 5.69 Å². The van der Waals surface area contributed by atoms with Gasteiger partial charge in [0.05, 0.1) is 35.3 Å². The summed E-state index contributed by atoms with van der Waals surface area (Å²) in [5.74, 6) is 1.31. The highest BCUT2D eigenvalue weighted by atomic mass is 16.4. The van der Waals surface area contributed by atoms with Crippen LogP contribution in [-0.2, 0) is 5.41 Å². The summed E-state index contributed by atoms with van der Waals surface area (Å²) in [7, 11) is 0. The van der Waals surface area contributed by atoms with Crippen LogP contribution in [-0.4, -0.2) is 38.2 Å². The number of nitrogens with one attached hydrogen (secondary N) is 1. The molecule has 1 aliphatic rings. The Labute approximate surface area is 185 Å². The molecule has 0 amide bonds. The van der Waals surface area contributed by atoms with Gasteiger partial charge < -0.3 is 9.73 Å². The maximum Gasteiger partial charge on any atom is 0.268 e. The third-order valence-electron chi connectivity index (χ3n) is 5.66. The van der Waals surface area contributed by atoms with Crippen LogP contribution in [0.5, 0.6) is 0 Å². The Bertz CT molecular complexity index is 1300. The summed E-state index contributed by atoms with van der Waals surface area (Å²) in [6.45, 7) is 5.70. The standard InChI is InChI=1S/C24H21N7O/c1-24(2,14-25)21-9-17(7-8-28-21)19-12-27-13-20(29-19)23-31-30-22(32-23)16-5-3-15(4-6-16)18-10-26-11-18/h3-9,12-13,18,26H,10-11H2,1-2H3. The Morgan fingerprint density at radius 3 is 2.47 bits per heavy atom. The molecule has 158 valence electrons. The van der Waals surface area contributed by atoms with Crippen LogP contribution in [0.4, 0.5) is 0 Å². The van der Waals surface area contributed by atoms with Gasteiger partial charge in [0, 0.05) is 36.3 Å². The van der Waals surface area contributed by atoms with Crippen LogP contribution in [0.3, 0.4) is 0 Å². The topological polar surface area (TPSA) is 113 Å². The summed E-state index contributed by atoms with van der Waals surface area (Å²) in [6, 6.07) is 14.2. The third kappa shape index (κ3) is 3.74. The second-order valence-corrected chi connectivity index (χ2v) is 8.35. The fraction of sp³-hybridized carbons (Fsp3) is 0.250. The van der Waals surface area contributed by atoms with Crippen LogP contribution in [0.1, 0.15) is 31.0 Å². The van der Waals surface area contributed by atoms with E-state index in [9.17, 15) is 5.26 Å². The third-order valence-corrected chi connectivity index (χ3v) is 5.66. The molecule has 1 N–H and O–H groups in total. The van der Waals surface area contributed by atoms with Gasteiger partial charge in [0.15, 0.2) is 0 Å². The Morgan fingerprint density at radius 1 is 1.00 bits per heavy atom. The minimum Gasteiger partial charge on any atom is -0.415 e. The Balaban J connectivity index is 1.42. The molecule has 0 aliphatic carbocycles. The van der Waals surface area contributed by atoms with Gasteiger partial charge in [-0.25, -0.2) is 4.98 Å². The van der Waals surface area contributed by atoms with Crippen molar-refractivity contribution in [2.75, 3.05) is 13.1 Å². The number of hydrogen-bond donors (Lipinski definition) is 1. The fourth-order valence-corrected chi connectivity index (χ4v) is 3.46. The summed E-state index contributed by atoms with van der Waals surface area (Å²) >= 11 is 0. The lowest BCUT2D eigenvalue weighted by molar-refractivity contribution is 0.448. The molecule has 0 saturated carbocycles. The molecule has 1 aromatic carbocycles. The number of hydrogen-bond acceptors (Lipinski definition) is 8. The van der Waals surface area contributed by atoms with Crippen LogP contribution in [0, 0.1) is 11.3 Å². The largest absolute Gasteiger partial charge is 0.415 e. The van der Waals surface area contributed by atoms with Crippen LogP contribution in [0.15, 0.2) is 59.4 Å². The van der Waals surface area contributed by atoms with Gasteiger partial charge in [-0.1, -0.05) is 12.1 Å². The monoisotopic (exact) mass is 423 g/mol. The minimum absolute atomic E-state index is 0.299. The molecule has 1 fully saturated rings. The maximum atomic E-state index is 9.41. The van der Waals surface area contributed by atoms with E-state index in [1.54, 1.807) is 18.6 Å². The second kappa shape index (κ2) is 7.94. The highest BCUT2D eigenvalue weighted by Crippen LogP contribution is 2.28. The Hall–Kier alpha value is -3.96. The molecule has 8 heteroatoms. The van der Waals surface area contributed by atoms with Gasteiger partial charge in [-0.05, 0) is 43.7 Å². The maximum absolute atomic E-state index is 9.41. The van der Waals surface area contributed by atoms with Crippen molar-refractivity contribution in [3.63, 3.8) is 0 Å². The molecule has 4 aromatic rings. The first-order chi connectivity index (χ1) is 15.5. The molecular weight excluding hydrogens is 402 g/mol. The lowest BCUT2D eigenvalue weighted by Gasteiger charge is -2.27. The molecule has 1 saturated heterocycles. The molecule has 32 heavy (non-hydrogen) atoms. The average molecular weight is 423 g/mol. The molecular formula is C24H21N7O. The SMILES string of the molecule is CC(C)(C#N)c1cc(-c2cncc(-c3nnc(-c4ccc(C5CNC5)cc4)o3)n2)ccn1. The van der Waals surface area contributed by atoms with Crippen molar-refractivity contribution in [2.45, 2.75) is 25.2 Å². The van der Waals surface area contributed by atoms with Crippen molar-refractivity contribution in [3.05, 3.63) is 66.2 Å². The molecule has 4 heterocycles. The highest BCUT2D eigenvalue weighted by Gasteiger charge is 2.22. The number of rotatable bonds is 5. The first kappa shape index (κ1) is 20.0. The summed E-state index contributed by atoms with van der Waals surface area (Å²) in [4.78, 5) is 13.3. The van der Waals surface area contributed by atoms with Crippen LogP contribution >= 0.6 is 0 Å². The van der Waals surface area contributed by atoms with E-state index in [-0.39, 0.29) is 0 Å². The number of nitriles is 1. The zero-order chi connectivity index (χ0) is 22.1. The summed E-state index contributed by atoms with van der Waals surface area (Å²) in [6.07, 6.45) is 4.92. The number of pyridine rings is 1. The van der Waals surface area contributed by atoms with Crippen molar-refractivity contribution in [3.8, 4) is 40.4 Å². The molecule has 0 radical (unpaired) electrons. The van der Waals surface area contributed by atoms with E-state index in [2.05, 4.69) is 48.7 Å². The minimum atomic E-state index is -0.701. The first-order valence-electron chi connectivity index (χ1n) is 10.4. The van der Waals surface area contributed by atoms with Gasteiger partial charge in [-0.2, -0.15) is 5.26 Å². The quantitative estimate of drug-likeness (QED) is 0.516. The molecule has 0 spiro atoms. The smallest absolute Gasteiger partial charge is 0.268 e. The fourth-order valence-electron chi connectivity index (χ4n) is 3.46. The van der Waals surface area contributed by atoms with E-state index in [1.807, 2.05) is 38.1 Å². The lowest BCUT2D eigenvalue weighted by Crippen LogP contribution is -2.39. The zero-order valence-electron chi connectivity index (χ0n) is 17.8. The predicted octanol–water partition coefficient (Wildman–Crippen LogP) is 3.74. The van der Waals surface area contributed by atoms with Crippen LogP contribution < -0.4 is 5.32 Å². The van der Waals surface area contributed by atoms with E-state index in [0.717, 1.165) is 24.2 Å². The highest BCUT2D eigenvalue weighted by molar-refractivity contribution is 5.62. The van der Waals surface area contributed by atoms with Crippen molar-refractivity contribution in [1.29, 1.82) is 5.26 Å². The molecule has 3 aromatic heterocycles. The van der Waals surface area contributed by atoms with Crippen LogP contribution in [0.25, 0.3) is 34.3 Å². The normalized spacial score (nSPS) is 14.0. The molecule has 1 aliphatic heterocycles. The number of benzene rings is 1. The second-order valence-electron chi connectivity index (χ2n) is 8.35. The number of nitrogens with zero attached hydrogens (tertiary/aromatic N) is 6. The van der Waals surface area contributed by atoms with Gasteiger partial charge in [0.2, 0.25) is 5.89 Å².